The molecule has 0 spiro atoms. The number of para-hydroxylation sites is 2. The molecule has 3 rings (SSSR count). The number of amides is 1. The van der Waals surface area contributed by atoms with Crippen molar-refractivity contribution in [3.05, 3.63) is 52.1 Å². The van der Waals surface area contributed by atoms with Crippen LogP contribution in [0.15, 0.2) is 36.4 Å². The second kappa shape index (κ2) is 9.12. The lowest BCUT2D eigenvalue weighted by molar-refractivity contribution is -0.385. The molecule has 1 atom stereocenters. The van der Waals surface area contributed by atoms with E-state index in [1.54, 1.807) is 24.3 Å². The molecule has 0 radical (unpaired) electrons. The second-order valence-corrected chi connectivity index (χ2v) is 6.24. The molecule has 0 unspecified atom stereocenters. The van der Waals surface area contributed by atoms with Gasteiger partial charge in [-0.15, -0.1) is 0 Å². The standard InChI is InChI=1S/C20H20N2O8/c1-3-27-16-7-5-4-6-14(16)21-19(23)12(2)30-20(24)13-10-17-18(29-9-8-28-17)11-15(13)22(25)26/h4-7,10-12H,3,8-9H2,1-2H3,(H,21,23)/t12-/m1/s1. The Morgan fingerprint density at radius 2 is 1.87 bits per heavy atom. The van der Waals surface area contributed by atoms with Crippen molar-refractivity contribution in [1.29, 1.82) is 0 Å². The molecule has 158 valence electrons. The van der Waals surface area contributed by atoms with Gasteiger partial charge in [0.05, 0.1) is 23.3 Å². The van der Waals surface area contributed by atoms with E-state index >= 15 is 0 Å². The van der Waals surface area contributed by atoms with Crippen LogP contribution >= 0.6 is 0 Å². The van der Waals surface area contributed by atoms with Crippen LogP contribution in [-0.2, 0) is 9.53 Å². The summed E-state index contributed by atoms with van der Waals surface area (Å²) in [5, 5.41) is 14.0. The van der Waals surface area contributed by atoms with E-state index in [0.29, 0.717) is 18.0 Å². The Hall–Kier alpha value is -3.82. The topological polar surface area (TPSA) is 126 Å². The highest BCUT2D eigenvalue weighted by Gasteiger charge is 2.29. The molecule has 1 aliphatic heterocycles. The van der Waals surface area contributed by atoms with Crippen molar-refractivity contribution in [1.82, 2.24) is 0 Å². The van der Waals surface area contributed by atoms with E-state index in [1.165, 1.54) is 13.0 Å². The number of rotatable bonds is 7. The maximum atomic E-state index is 12.6. The van der Waals surface area contributed by atoms with Gasteiger partial charge in [-0.2, -0.15) is 0 Å². The zero-order valence-electron chi connectivity index (χ0n) is 16.4. The summed E-state index contributed by atoms with van der Waals surface area (Å²) >= 11 is 0. The number of nitrogens with zero attached hydrogens (tertiary/aromatic N) is 1. The average molecular weight is 416 g/mol. The molecule has 10 heteroatoms. The molecule has 0 aliphatic carbocycles. The first-order chi connectivity index (χ1) is 14.4. The Morgan fingerprint density at radius 3 is 2.53 bits per heavy atom. The first kappa shape index (κ1) is 20.9. The molecular formula is C20H20N2O8. The molecule has 30 heavy (non-hydrogen) atoms. The third-order valence-electron chi connectivity index (χ3n) is 4.17. The summed E-state index contributed by atoms with van der Waals surface area (Å²) in [6, 6.07) is 9.09. The fourth-order valence-corrected chi connectivity index (χ4v) is 2.76. The number of nitrogens with one attached hydrogen (secondary N) is 1. The van der Waals surface area contributed by atoms with Gasteiger partial charge in [-0.25, -0.2) is 4.79 Å². The number of carbonyl (C=O) groups is 2. The number of hydrogen-bond acceptors (Lipinski definition) is 8. The number of carbonyl (C=O) groups excluding carboxylic acids is 2. The molecule has 0 bridgehead atoms. The van der Waals surface area contributed by atoms with Gasteiger partial charge in [0.1, 0.15) is 24.5 Å². The zero-order valence-corrected chi connectivity index (χ0v) is 16.4. The summed E-state index contributed by atoms with van der Waals surface area (Å²) in [6.45, 7) is 4.07. The van der Waals surface area contributed by atoms with Crippen LogP contribution in [-0.4, -0.2) is 42.7 Å². The van der Waals surface area contributed by atoms with Gasteiger partial charge >= 0.3 is 5.97 Å². The molecule has 0 aromatic heterocycles. The van der Waals surface area contributed by atoms with E-state index in [1.807, 2.05) is 6.92 Å². The molecule has 0 saturated heterocycles. The van der Waals surface area contributed by atoms with Crippen LogP contribution < -0.4 is 19.5 Å². The number of esters is 1. The summed E-state index contributed by atoms with van der Waals surface area (Å²) in [6.07, 6.45) is -1.22. The number of hydrogen-bond donors (Lipinski definition) is 1. The quantitative estimate of drug-likeness (QED) is 0.415. The van der Waals surface area contributed by atoms with Gasteiger partial charge in [0.25, 0.3) is 11.6 Å². The van der Waals surface area contributed by atoms with Crippen LogP contribution in [0.2, 0.25) is 0 Å². The van der Waals surface area contributed by atoms with Crippen LogP contribution in [0.1, 0.15) is 24.2 Å². The molecular weight excluding hydrogens is 396 g/mol. The van der Waals surface area contributed by atoms with Crippen LogP contribution in [0.4, 0.5) is 11.4 Å². The van der Waals surface area contributed by atoms with Gasteiger partial charge in [-0.05, 0) is 26.0 Å². The maximum Gasteiger partial charge on any atom is 0.346 e. The Morgan fingerprint density at radius 1 is 1.20 bits per heavy atom. The van der Waals surface area contributed by atoms with E-state index < -0.39 is 28.6 Å². The molecule has 1 heterocycles. The van der Waals surface area contributed by atoms with Crippen LogP contribution in [0, 0.1) is 10.1 Å². The van der Waals surface area contributed by atoms with Gasteiger partial charge < -0.3 is 24.3 Å². The van der Waals surface area contributed by atoms with E-state index in [0.717, 1.165) is 6.07 Å². The van der Waals surface area contributed by atoms with E-state index in [2.05, 4.69) is 5.32 Å². The van der Waals surface area contributed by atoms with Crippen molar-refractivity contribution in [2.45, 2.75) is 20.0 Å². The second-order valence-electron chi connectivity index (χ2n) is 6.24. The van der Waals surface area contributed by atoms with Gasteiger partial charge in [-0.3, -0.25) is 14.9 Å². The van der Waals surface area contributed by atoms with Crippen molar-refractivity contribution < 1.29 is 33.5 Å². The molecule has 2 aromatic rings. The first-order valence-corrected chi connectivity index (χ1v) is 9.22. The van der Waals surface area contributed by atoms with Crippen molar-refractivity contribution in [2.24, 2.45) is 0 Å². The summed E-state index contributed by atoms with van der Waals surface area (Å²) in [5.74, 6) is -0.811. The largest absolute Gasteiger partial charge is 0.492 e. The van der Waals surface area contributed by atoms with Crippen molar-refractivity contribution in [3.63, 3.8) is 0 Å². The van der Waals surface area contributed by atoms with Crippen molar-refractivity contribution >= 4 is 23.3 Å². The highest BCUT2D eigenvalue weighted by atomic mass is 16.6. The summed E-state index contributed by atoms with van der Waals surface area (Å²) in [4.78, 5) is 35.7. The van der Waals surface area contributed by atoms with Gasteiger partial charge in [0.15, 0.2) is 17.6 Å². The Bertz CT molecular complexity index is 975. The maximum absolute atomic E-state index is 12.6. The molecule has 1 N–H and O–H groups in total. The van der Waals surface area contributed by atoms with E-state index in [9.17, 15) is 19.7 Å². The highest BCUT2D eigenvalue weighted by Crippen LogP contribution is 2.37. The number of benzene rings is 2. The minimum Gasteiger partial charge on any atom is -0.492 e. The highest BCUT2D eigenvalue weighted by molar-refractivity contribution is 6.00. The van der Waals surface area contributed by atoms with Gasteiger partial charge in [0.2, 0.25) is 0 Å². The molecule has 0 saturated carbocycles. The minimum atomic E-state index is -1.22. The third kappa shape index (κ3) is 4.59. The molecule has 1 amide bonds. The molecule has 1 aliphatic rings. The molecule has 2 aromatic carbocycles. The smallest absolute Gasteiger partial charge is 0.346 e. The summed E-state index contributed by atoms with van der Waals surface area (Å²) in [7, 11) is 0. The average Bonchev–Trinajstić information content (AvgIpc) is 2.74. The van der Waals surface area contributed by atoms with Crippen LogP contribution in [0.5, 0.6) is 17.2 Å². The number of nitro benzene ring substituents is 1. The van der Waals surface area contributed by atoms with Crippen LogP contribution in [0.3, 0.4) is 0 Å². The predicted molar refractivity (Wildman–Crippen MR) is 105 cm³/mol. The number of nitro groups is 1. The summed E-state index contributed by atoms with van der Waals surface area (Å²) in [5.41, 5.74) is -0.422. The SMILES string of the molecule is CCOc1ccccc1NC(=O)[C@@H](C)OC(=O)c1cc2c(cc1[N+](=O)[O-])OCCO2. The fourth-order valence-electron chi connectivity index (χ4n) is 2.76. The lowest BCUT2D eigenvalue weighted by Gasteiger charge is -2.19. The van der Waals surface area contributed by atoms with Crippen molar-refractivity contribution in [2.75, 3.05) is 25.1 Å². The van der Waals surface area contributed by atoms with Gasteiger partial charge in [-0.1, -0.05) is 12.1 Å². The Kier molecular flexibility index (Phi) is 6.35. The Balaban J connectivity index is 1.75. The number of anilines is 1. The molecule has 0 fully saturated rings. The zero-order chi connectivity index (χ0) is 21.7. The molecule has 10 nitrogen and oxygen atoms in total. The third-order valence-corrected chi connectivity index (χ3v) is 4.17. The number of ether oxygens (including phenoxy) is 4. The summed E-state index contributed by atoms with van der Waals surface area (Å²) < 4.78 is 21.3. The van der Waals surface area contributed by atoms with E-state index in [-0.39, 0.29) is 30.3 Å². The lowest BCUT2D eigenvalue weighted by Crippen LogP contribution is -2.30. The van der Waals surface area contributed by atoms with Gasteiger partial charge in [0, 0.05) is 6.07 Å². The minimum absolute atomic E-state index is 0.169. The van der Waals surface area contributed by atoms with E-state index in [4.69, 9.17) is 18.9 Å². The Labute approximate surface area is 171 Å². The first-order valence-electron chi connectivity index (χ1n) is 9.22. The lowest BCUT2D eigenvalue weighted by atomic mass is 10.1. The normalized spacial score (nSPS) is 13.1. The van der Waals surface area contributed by atoms with Crippen LogP contribution in [0.25, 0.3) is 0 Å². The predicted octanol–water partition coefficient (Wildman–Crippen LogP) is 2.95. The fraction of sp³-hybridized carbons (Fsp3) is 0.300. The monoisotopic (exact) mass is 416 g/mol. The number of fused-ring (bicyclic) bond motifs is 1. The van der Waals surface area contributed by atoms with Crippen molar-refractivity contribution in [3.8, 4) is 17.2 Å².